The largest absolute Gasteiger partial charge is 0.478 e. The number of nitrogens with one attached hydrogen (secondary N) is 1. The van der Waals surface area contributed by atoms with Crippen LogP contribution in [0.4, 0.5) is 10.1 Å². The van der Waals surface area contributed by atoms with Crippen LogP contribution in [-0.4, -0.2) is 29.0 Å². The number of carboxylic acid groups (broad SMARTS) is 1. The molecule has 1 rings (SSSR count). The summed E-state index contributed by atoms with van der Waals surface area (Å²) >= 11 is 1.50. The van der Waals surface area contributed by atoms with Crippen molar-refractivity contribution in [2.24, 2.45) is 0 Å². The molecule has 0 radical (unpaired) electrons. The average Bonchev–Trinajstić information content (AvgIpc) is 2.25. The van der Waals surface area contributed by atoms with Crippen molar-refractivity contribution < 1.29 is 19.1 Å². The number of anilines is 1. The van der Waals surface area contributed by atoms with Crippen LogP contribution in [0, 0.1) is 5.82 Å². The molecule has 92 valence electrons. The molecule has 1 aromatic rings. The van der Waals surface area contributed by atoms with Gasteiger partial charge in [-0.05, 0) is 18.4 Å². The van der Waals surface area contributed by atoms with E-state index in [1.165, 1.54) is 23.9 Å². The number of hydrogen-bond acceptors (Lipinski definition) is 3. The third-order valence-electron chi connectivity index (χ3n) is 2.03. The molecule has 0 saturated heterocycles. The van der Waals surface area contributed by atoms with Gasteiger partial charge in [-0.2, -0.15) is 11.8 Å². The first-order valence-electron chi connectivity index (χ1n) is 4.87. The molecule has 0 spiro atoms. The molecule has 0 unspecified atom stereocenters. The van der Waals surface area contributed by atoms with Crippen LogP contribution in [0.5, 0.6) is 0 Å². The van der Waals surface area contributed by atoms with Crippen molar-refractivity contribution in [1.29, 1.82) is 0 Å². The molecule has 1 aromatic carbocycles. The fraction of sp³-hybridized carbons (Fsp3) is 0.273. The van der Waals surface area contributed by atoms with Crippen LogP contribution in [0.15, 0.2) is 18.2 Å². The molecular formula is C11H12FNO3S. The summed E-state index contributed by atoms with van der Waals surface area (Å²) in [5, 5.41) is 11.2. The number of carbonyl (C=O) groups is 2. The number of amides is 1. The third kappa shape index (κ3) is 3.74. The van der Waals surface area contributed by atoms with E-state index in [0.29, 0.717) is 5.75 Å². The van der Waals surface area contributed by atoms with Crippen LogP contribution in [-0.2, 0) is 4.79 Å². The van der Waals surface area contributed by atoms with Crippen LogP contribution in [0.3, 0.4) is 0 Å². The zero-order valence-corrected chi connectivity index (χ0v) is 10.0. The van der Waals surface area contributed by atoms with Crippen molar-refractivity contribution in [3.63, 3.8) is 0 Å². The average molecular weight is 257 g/mol. The van der Waals surface area contributed by atoms with E-state index in [1.807, 2.05) is 6.26 Å². The maximum absolute atomic E-state index is 13.3. The summed E-state index contributed by atoms with van der Waals surface area (Å²) in [7, 11) is 0. The van der Waals surface area contributed by atoms with Gasteiger partial charge in [-0.15, -0.1) is 0 Å². The maximum atomic E-state index is 13.3. The zero-order valence-electron chi connectivity index (χ0n) is 9.20. The molecule has 6 heteroatoms. The van der Waals surface area contributed by atoms with E-state index >= 15 is 0 Å². The zero-order chi connectivity index (χ0) is 12.8. The van der Waals surface area contributed by atoms with Crippen LogP contribution < -0.4 is 5.32 Å². The Bertz CT molecular complexity index is 437. The van der Waals surface area contributed by atoms with Gasteiger partial charge in [-0.25, -0.2) is 9.18 Å². The lowest BCUT2D eigenvalue weighted by Gasteiger charge is -2.08. The van der Waals surface area contributed by atoms with Crippen molar-refractivity contribution in [1.82, 2.24) is 0 Å². The molecule has 2 N–H and O–H groups in total. The number of halogens is 1. The van der Waals surface area contributed by atoms with Gasteiger partial charge in [0.1, 0.15) is 11.4 Å². The number of carboxylic acids is 1. The Kier molecular flexibility index (Phi) is 4.96. The van der Waals surface area contributed by atoms with E-state index in [2.05, 4.69) is 5.32 Å². The number of thioether (sulfide) groups is 1. The molecule has 1 amide bonds. The summed E-state index contributed by atoms with van der Waals surface area (Å²) in [6.45, 7) is 0. The van der Waals surface area contributed by atoms with Crippen molar-refractivity contribution in [2.45, 2.75) is 6.42 Å². The Morgan fingerprint density at radius 1 is 1.47 bits per heavy atom. The van der Waals surface area contributed by atoms with Crippen molar-refractivity contribution in [2.75, 3.05) is 17.3 Å². The topological polar surface area (TPSA) is 66.4 Å². The highest BCUT2D eigenvalue weighted by Gasteiger charge is 2.16. The van der Waals surface area contributed by atoms with Crippen molar-refractivity contribution in [3.05, 3.63) is 29.6 Å². The van der Waals surface area contributed by atoms with Crippen LogP contribution in [0.2, 0.25) is 0 Å². The Morgan fingerprint density at radius 3 is 2.76 bits per heavy atom. The molecular weight excluding hydrogens is 245 g/mol. The van der Waals surface area contributed by atoms with Gasteiger partial charge in [0.25, 0.3) is 0 Å². The summed E-state index contributed by atoms with van der Waals surface area (Å²) in [5.41, 5.74) is -0.520. The fourth-order valence-electron chi connectivity index (χ4n) is 1.25. The number of rotatable bonds is 5. The lowest BCUT2D eigenvalue weighted by Crippen LogP contribution is -2.16. The highest BCUT2D eigenvalue weighted by Crippen LogP contribution is 2.19. The normalized spacial score (nSPS) is 10.0. The van der Waals surface area contributed by atoms with Gasteiger partial charge < -0.3 is 10.4 Å². The first kappa shape index (κ1) is 13.5. The highest BCUT2D eigenvalue weighted by molar-refractivity contribution is 7.98. The number of aromatic carboxylic acids is 1. The van der Waals surface area contributed by atoms with E-state index in [-0.39, 0.29) is 18.0 Å². The molecule has 17 heavy (non-hydrogen) atoms. The molecule has 0 aliphatic carbocycles. The molecule has 0 atom stereocenters. The lowest BCUT2D eigenvalue weighted by molar-refractivity contribution is -0.115. The van der Waals surface area contributed by atoms with Gasteiger partial charge in [-0.3, -0.25) is 4.79 Å². The van der Waals surface area contributed by atoms with Crippen LogP contribution in [0.25, 0.3) is 0 Å². The summed E-state index contributed by atoms with van der Waals surface area (Å²) in [5.74, 6) is -1.96. The first-order chi connectivity index (χ1) is 8.06. The van der Waals surface area contributed by atoms with Gasteiger partial charge in [0.2, 0.25) is 5.91 Å². The van der Waals surface area contributed by atoms with E-state index in [0.717, 1.165) is 6.07 Å². The Hall–Kier alpha value is -1.56. The lowest BCUT2D eigenvalue weighted by atomic mass is 10.1. The second-order valence-corrected chi connectivity index (χ2v) is 4.24. The molecule has 0 aliphatic rings. The molecule has 0 aliphatic heterocycles. The fourth-order valence-corrected chi connectivity index (χ4v) is 1.64. The molecule has 0 aromatic heterocycles. The molecule has 0 fully saturated rings. The Labute approximate surface area is 102 Å². The van der Waals surface area contributed by atoms with E-state index in [4.69, 9.17) is 5.11 Å². The Morgan fingerprint density at radius 2 is 2.18 bits per heavy atom. The third-order valence-corrected chi connectivity index (χ3v) is 2.65. The minimum Gasteiger partial charge on any atom is -0.478 e. The van der Waals surface area contributed by atoms with E-state index < -0.39 is 17.3 Å². The number of carbonyl (C=O) groups excluding carboxylic acids is 1. The van der Waals surface area contributed by atoms with E-state index in [1.54, 1.807) is 0 Å². The minimum atomic E-state index is -1.40. The van der Waals surface area contributed by atoms with Gasteiger partial charge >= 0.3 is 5.97 Å². The summed E-state index contributed by atoms with van der Waals surface area (Å²) in [6, 6.07) is 3.76. The van der Waals surface area contributed by atoms with Gasteiger partial charge in [0, 0.05) is 12.2 Å². The smallest absolute Gasteiger partial charge is 0.340 e. The Balaban J connectivity index is 2.87. The molecule has 0 bridgehead atoms. The van der Waals surface area contributed by atoms with E-state index in [9.17, 15) is 14.0 Å². The van der Waals surface area contributed by atoms with Crippen LogP contribution in [0.1, 0.15) is 16.8 Å². The molecule has 0 heterocycles. The van der Waals surface area contributed by atoms with Crippen molar-refractivity contribution in [3.8, 4) is 0 Å². The maximum Gasteiger partial charge on any atom is 0.340 e. The van der Waals surface area contributed by atoms with Gasteiger partial charge in [0.15, 0.2) is 0 Å². The SMILES string of the molecule is CSCCC(=O)Nc1cccc(F)c1C(=O)O. The van der Waals surface area contributed by atoms with Gasteiger partial charge in [-0.1, -0.05) is 6.07 Å². The summed E-state index contributed by atoms with van der Waals surface area (Å²) < 4.78 is 13.3. The standard InChI is InChI=1S/C11H12FNO3S/c1-17-6-5-9(14)13-8-4-2-3-7(12)10(8)11(15)16/h2-4H,5-6H2,1H3,(H,13,14)(H,15,16). The second kappa shape index (κ2) is 6.24. The quantitative estimate of drug-likeness (QED) is 0.848. The number of hydrogen-bond donors (Lipinski definition) is 2. The molecule has 0 saturated carbocycles. The second-order valence-electron chi connectivity index (χ2n) is 3.26. The predicted molar refractivity (Wildman–Crippen MR) is 65.0 cm³/mol. The van der Waals surface area contributed by atoms with Crippen LogP contribution >= 0.6 is 11.8 Å². The van der Waals surface area contributed by atoms with Crippen molar-refractivity contribution >= 4 is 29.3 Å². The highest BCUT2D eigenvalue weighted by atomic mass is 32.2. The van der Waals surface area contributed by atoms with Gasteiger partial charge in [0.05, 0.1) is 5.69 Å². The minimum absolute atomic E-state index is 0.0106. The number of benzene rings is 1. The first-order valence-corrected chi connectivity index (χ1v) is 6.26. The summed E-state index contributed by atoms with van der Waals surface area (Å²) in [4.78, 5) is 22.3. The monoisotopic (exact) mass is 257 g/mol. The summed E-state index contributed by atoms with van der Waals surface area (Å²) in [6.07, 6.45) is 2.12. The predicted octanol–water partition coefficient (Wildman–Crippen LogP) is 2.22. The molecule has 4 nitrogen and oxygen atoms in total.